The van der Waals surface area contributed by atoms with Crippen LogP contribution < -0.4 is 4.90 Å². The van der Waals surface area contributed by atoms with Gasteiger partial charge in [-0.25, -0.2) is 9.37 Å². The lowest BCUT2D eigenvalue weighted by Crippen LogP contribution is -2.36. The van der Waals surface area contributed by atoms with Crippen molar-refractivity contribution in [3.63, 3.8) is 0 Å². The number of H-pyrrole nitrogens is 2. The number of nitrogens with one attached hydrogen (secondary N) is 2. The number of nitrogens with zero attached hydrogens (tertiary/aromatic N) is 4. The topological polar surface area (TPSA) is 98.0 Å². The molecule has 0 spiro atoms. The van der Waals surface area contributed by atoms with E-state index < -0.39 is 5.41 Å². The lowest BCUT2D eigenvalue weighted by atomic mass is 9.86. The number of anilines is 1. The van der Waals surface area contributed by atoms with Crippen molar-refractivity contribution in [1.82, 2.24) is 25.1 Å². The minimum Gasteiger partial charge on any atom is -0.338 e. The number of amides is 2. The highest BCUT2D eigenvalue weighted by atomic mass is 19.1. The van der Waals surface area contributed by atoms with Crippen LogP contribution in [-0.2, 0) is 34.4 Å². The van der Waals surface area contributed by atoms with Crippen molar-refractivity contribution in [3.05, 3.63) is 64.6 Å². The third-order valence-corrected chi connectivity index (χ3v) is 7.44. The Morgan fingerprint density at radius 1 is 1.19 bits per heavy atom. The van der Waals surface area contributed by atoms with E-state index in [1.165, 1.54) is 12.1 Å². The lowest BCUT2D eigenvalue weighted by Gasteiger charge is -2.27. The molecule has 184 valence electrons. The summed E-state index contributed by atoms with van der Waals surface area (Å²) in [6.07, 6.45) is 0.898. The maximum atomic E-state index is 13.2. The molecule has 0 atom stereocenters. The normalized spacial score (nSPS) is 16.5. The maximum absolute atomic E-state index is 13.2. The van der Waals surface area contributed by atoms with E-state index in [9.17, 15) is 14.0 Å². The van der Waals surface area contributed by atoms with Crippen molar-refractivity contribution in [2.24, 2.45) is 0 Å². The van der Waals surface area contributed by atoms with Gasteiger partial charge in [0.25, 0.3) is 0 Å². The zero-order valence-electron chi connectivity index (χ0n) is 20.5. The van der Waals surface area contributed by atoms with Crippen molar-refractivity contribution < 1.29 is 14.0 Å². The van der Waals surface area contributed by atoms with Gasteiger partial charge in [0.1, 0.15) is 11.5 Å². The molecule has 36 heavy (non-hydrogen) atoms. The summed E-state index contributed by atoms with van der Waals surface area (Å²) in [4.78, 5) is 37.7. The molecule has 8 nitrogen and oxygen atoms in total. The monoisotopic (exact) mass is 486 g/mol. The zero-order valence-corrected chi connectivity index (χ0v) is 20.5. The van der Waals surface area contributed by atoms with Crippen molar-refractivity contribution in [2.45, 2.75) is 45.6 Å². The van der Waals surface area contributed by atoms with Gasteiger partial charge in [0.15, 0.2) is 5.82 Å². The molecule has 2 amide bonds. The van der Waals surface area contributed by atoms with Crippen LogP contribution in [0.4, 0.5) is 10.1 Å². The number of aromatic amines is 2. The maximum Gasteiger partial charge on any atom is 0.237 e. The first-order valence-electron chi connectivity index (χ1n) is 12.2. The van der Waals surface area contributed by atoms with Gasteiger partial charge in [-0.3, -0.25) is 14.7 Å². The number of halogens is 1. The van der Waals surface area contributed by atoms with Crippen LogP contribution >= 0.6 is 0 Å². The van der Waals surface area contributed by atoms with E-state index >= 15 is 0 Å². The summed E-state index contributed by atoms with van der Waals surface area (Å²) in [5, 5.41) is 7.66. The number of benzene rings is 2. The van der Waals surface area contributed by atoms with Crippen molar-refractivity contribution in [3.8, 4) is 11.5 Å². The van der Waals surface area contributed by atoms with Gasteiger partial charge in [0.05, 0.1) is 28.6 Å². The van der Waals surface area contributed by atoms with E-state index in [4.69, 9.17) is 4.98 Å². The Kier molecular flexibility index (Phi) is 5.00. The Hall–Kier alpha value is -4.01. The number of rotatable bonds is 4. The fourth-order valence-corrected chi connectivity index (χ4v) is 5.35. The predicted octanol–water partition coefficient (Wildman–Crippen LogP) is 3.86. The predicted molar refractivity (Wildman–Crippen MR) is 134 cm³/mol. The molecular formula is C27H27FN6O2. The van der Waals surface area contributed by atoms with Crippen molar-refractivity contribution in [2.75, 3.05) is 18.0 Å². The second kappa shape index (κ2) is 8.01. The standard InChI is InChI=1S/C27H27FN6O2/c1-4-34-22-13-21-20(12-18(22)27(2,3)26(34)36)29-25(30-21)24-17-14-33(10-9-19(17)31-32-24)23(35)11-15-5-7-16(28)8-6-15/h5-8,12-13H,4,9-11,14H2,1-3H3,(H,29,30)(H,31,32). The molecule has 0 radical (unpaired) electrons. The Morgan fingerprint density at radius 3 is 2.72 bits per heavy atom. The molecule has 4 aromatic rings. The molecule has 2 aliphatic rings. The highest BCUT2D eigenvalue weighted by molar-refractivity contribution is 6.09. The van der Waals surface area contributed by atoms with Gasteiger partial charge in [-0.1, -0.05) is 12.1 Å². The van der Waals surface area contributed by atoms with Crippen molar-refractivity contribution in [1.29, 1.82) is 0 Å². The number of carbonyl (C=O) groups is 2. The van der Waals surface area contributed by atoms with Gasteiger partial charge in [0, 0.05) is 37.3 Å². The van der Waals surface area contributed by atoms with Crippen LogP contribution in [0.25, 0.3) is 22.6 Å². The van der Waals surface area contributed by atoms with Crippen LogP contribution in [0.5, 0.6) is 0 Å². The van der Waals surface area contributed by atoms with Gasteiger partial charge in [-0.2, -0.15) is 5.10 Å². The molecule has 4 heterocycles. The van der Waals surface area contributed by atoms with Crippen LogP contribution in [0.2, 0.25) is 0 Å². The molecule has 9 heteroatoms. The summed E-state index contributed by atoms with van der Waals surface area (Å²) in [6, 6.07) is 10.0. The second-order valence-corrected chi connectivity index (χ2v) is 10.0. The minimum absolute atomic E-state index is 0.00741. The van der Waals surface area contributed by atoms with Crippen LogP contribution in [0.1, 0.15) is 43.2 Å². The number of aromatic nitrogens is 4. The highest BCUT2D eigenvalue weighted by Gasteiger charge is 2.43. The molecule has 2 aromatic carbocycles. The molecule has 0 bridgehead atoms. The number of imidazole rings is 1. The van der Waals surface area contributed by atoms with Crippen molar-refractivity contribution >= 4 is 28.5 Å². The largest absolute Gasteiger partial charge is 0.338 e. The first-order valence-corrected chi connectivity index (χ1v) is 12.2. The Bertz CT molecular complexity index is 1520. The van der Waals surface area contributed by atoms with Gasteiger partial charge in [-0.05, 0) is 56.2 Å². The molecular weight excluding hydrogens is 459 g/mol. The number of likely N-dealkylation sites (N-methyl/N-ethyl adjacent to an activating group) is 1. The molecule has 2 N–H and O–H groups in total. The summed E-state index contributed by atoms with van der Waals surface area (Å²) in [7, 11) is 0. The lowest BCUT2D eigenvalue weighted by molar-refractivity contribution is -0.131. The van der Waals surface area contributed by atoms with Gasteiger partial charge in [-0.15, -0.1) is 0 Å². The first-order chi connectivity index (χ1) is 17.3. The molecule has 0 saturated heterocycles. The van der Waals surface area contributed by atoms with E-state index in [2.05, 4.69) is 15.2 Å². The molecule has 0 saturated carbocycles. The molecule has 6 rings (SSSR count). The van der Waals surface area contributed by atoms with Crippen LogP contribution in [0, 0.1) is 5.82 Å². The summed E-state index contributed by atoms with van der Waals surface area (Å²) in [5.74, 6) is 0.406. The Labute approximate surface area is 207 Å². The smallest absolute Gasteiger partial charge is 0.237 e. The molecule has 2 aliphatic heterocycles. The summed E-state index contributed by atoms with van der Waals surface area (Å²) in [6.45, 7) is 7.51. The first kappa shape index (κ1) is 22.5. The molecule has 0 unspecified atom stereocenters. The Morgan fingerprint density at radius 2 is 1.97 bits per heavy atom. The number of carbonyl (C=O) groups excluding carboxylic acids is 2. The van der Waals surface area contributed by atoms with E-state index in [1.807, 2.05) is 42.7 Å². The molecule has 0 fully saturated rings. The van der Waals surface area contributed by atoms with Crippen LogP contribution in [0.3, 0.4) is 0 Å². The van der Waals surface area contributed by atoms with E-state index in [0.29, 0.717) is 37.6 Å². The SMILES string of the molecule is CCN1C(=O)C(C)(C)c2cc3nc(-c4n[nH]c5c4CN(C(=O)Cc4ccc(F)cc4)CC5)[nH]c3cc21. The Balaban J connectivity index is 1.30. The van der Waals surface area contributed by atoms with E-state index in [-0.39, 0.29) is 24.1 Å². The van der Waals surface area contributed by atoms with Gasteiger partial charge >= 0.3 is 0 Å². The quantitative estimate of drug-likeness (QED) is 0.458. The average Bonchev–Trinajstić information content (AvgIpc) is 3.52. The van der Waals surface area contributed by atoms with Crippen LogP contribution in [0.15, 0.2) is 36.4 Å². The minimum atomic E-state index is -0.602. The van der Waals surface area contributed by atoms with Gasteiger partial charge < -0.3 is 14.8 Å². The third kappa shape index (κ3) is 3.41. The van der Waals surface area contributed by atoms with Crippen LogP contribution in [-0.4, -0.2) is 50.0 Å². The van der Waals surface area contributed by atoms with E-state index in [1.54, 1.807) is 12.1 Å². The number of fused-ring (bicyclic) bond motifs is 3. The number of hydrogen-bond donors (Lipinski definition) is 2. The van der Waals surface area contributed by atoms with Gasteiger partial charge in [0.2, 0.25) is 11.8 Å². The molecule has 2 aromatic heterocycles. The second-order valence-electron chi connectivity index (χ2n) is 10.0. The third-order valence-electron chi connectivity index (χ3n) is 7.44. The average molecular weight is 487 g/mol. The molecule has 0 aliphatic carbocycles. The zero-order chi connectivity index (χ0) is 25.2. The summed E-state index contributed by atoms with van der Waals surface area (Å²) in [5.41, 5.74) is 6.34. The summed E-state index contributed by atoms with van der Waals surface area (Å²) < 4.78 is 13.2. The highest BCUT2D eigenvalue weighted by Crippen LogP contribution is 2.43. The summed E-state index contributed by atoms with van der Waals surface area (Å²) >= 11 is 0. The fraction of sp³-hybridized carbons (Fsp3) is 0.333. The van der Waals surface area contributed by atoms with E-state index in [0.717, 1.165) is 39.1 Å². The number of hydrogen-bond acceptors (Lipinski definition) is 4. The fourth-order valence-electron chi connectivity index (χ4n) is 5.35.